The molecule has 0 bridgehead atoms. The average molecular weight is 463 g/mol. The zero-order chi connectivity index (χ0) is 22.7. The summed E-state index contributed by atoms with van der Waals surface area (Å²) in [6, 6.07) is 4.81. The van der Waals surface area contributed by atoms with Crippen LogP contribution in [0.2, 0.25) is 0 Å². The van der Waals surface area contributed by atoms with Crippen LogP contribution in [0.15, 0.2) is 30.6 Å². The second-order valence-electron chi connectivity index (χ2n) is 8.59. The molecule has 2 saturated heterocycles. The molecule has 1 spiro atoms. The lowest BCUT2D eigenvalue weighted by Gasteiger charge is -2.57. The number of fused-ring (bicyclic) bond motifs is 1. The molecule has 2 fully saturated rings. The van der Waals surface area contributed by atoms with Gasteiger partial charge >= 0.3 is 0 Å². The smallest absolute Gasteiger partial charge is 0.282 e. The zero-order valence-corrected chi connectivity index (χ0v) is 18.7. The lowest BCUT2D eigenvalue weighted by Crippen LogP contribution is -2.65. The molecule has 0 amide bonds. The molecule has 3 aromatic heterocycles. The first-order chi connectivity index (χ1) is 15.2. The number of hydrogen-bond acceptors (Lipinski definition) is 6. The summed E-state index contributed by atoms with van der Waals surface area (Å²) in [5.74, 6) is 0. The Morgan fingerprint density at radius 2 is 1.78 bits per heavy atom. The lowest BCUT2D eigenvalue weighted by atomic mass is 9.76. The van der Waals surface area contributed by atoms with Gasteiger partial charge in [-0.05, 0) is 44.4 Å². The van der Waals surface area contributed by atoms with Crippen molar-refractivity contribution in [1.82, 2.24) is 23.9 Å². The standard InChI is InChI=1S/C21H24F2N6O2S/c1-14-17(28-10-7-21(28)5-8-27(9-6-21)32(2,30)31)11-15(12-24-14)18-13-25-19-4-3-16(20(22)23)26-29(18)19/h3-4,11-13,20H,5-10H2,1-2H3. The van der Waals surface area contributed by atoms with E-state index in [4.69, 9.17) is 0 Å². The van der Waals surface area contributed by atoms with E-state index in [0.717, 1.165) is 42.8 Å². The molecule has 0 N–H and O–H groups in total. The van der Waals surface area contributed by atoms with Crippen molar-refractivity contribution in [1.29, 1.82) is 0 Å². The molecule has 5 heterocycles. The Morgan fingerprint density at radius 3 is 2.41 bits per heavy atom. The lowest BCUT2D eigenvalue weighted by molar-refractivity contribution is 0.144. The number of halogens is 2. The summed E-state index contributed by atoms with van der Waals surface area (Å²) < 4.78 is 53.1. The molecular formula is C21H24F2N6O2S. The molecular weight excluding hydrogens is 438 g/mol. The van der Waals surface area contributed by atoms with Gasteiger partial charge in [0.05, 0.1) is 29.5 Å². The van der Waals surface area contributed by atoms with Crippen molar-refractivity contribution < 1.29 is 17.2 Å². The highest BCUT2D eigenvalue weighted by Gasteiger charge is 2.48. The number of sulfonamides is 1. The van der Waals surface area contributed by atoms with Gasteiger partial charge in [0, 0.05) is 36.9 Å². The summed E-state index contributed by atoms with van der Waals surface area (Å²) in [5, 5.41) is 4.06. The van der Waals surface area contributed by atoms with Crippen LogP contribution in [0.3, 0.4) is 0 Å². The maximum Gasteiger partial charge on any atom is 0.282 e. The van der Waals surface area contributed by atoms with E-state index in [2.05, 4.69) is 20.0 Å². The van der Waals surface area contributed by atoms with Crippen LogP contribution in [-0.2, 0) is 10.0 Å². The van der Waals surface area contributed by atoms with E-state index >= 15 is 0 Å². The number of aryl methyl sites for hydroxylation is 1. The van der Waals surface area contributed by atoms with Crippen LogP contribution in [0.5, 0.6) is 0 Å². The first-order valence-electron chi connectivity index (χ1n) is 10.5. The van der Waals surface area contributed by atoms with Gasteiger partial charge in [0.25, 0.3) is 6.43 Å². The van der Waals surface area contributed by atoms with E-state index in [1.54, 1.807) is 16.7 Å². The first-order valence-corrected chi connectivity index (χ1v) is 12.4. The number of anilines is 1. The van der Waals surface area contributed by atoms with Crippen molar-refractivity contribution >= 4 is 21.4 Å². The molecule has 5 rings (SSSR count). The van der Waals surface area contributed by atoms with E-state index in [1.165, 1.54) is 22.9 Å². The predicted molar refractivity (Wildman–Crippen MR) is 116 cm³/mol. The Bertz CT molecular complexity index is 1280. The quantitative estimate of drug-likeness (QED) is 0.593. The van der Waals surface area contributed by atoms with E-state index in [1.807, 2.05) is 13.0 Å². The van der Waals surface area contributed by atoms with Crippen LogP contribution in [0.4, 0.5) is 14.5 Å². The van der Waals surface area contributed by atoms with Gasteiger partial charge in [-0.3, -0.25) is 4.98 Å². The number of hydrogen-bond donors (Lipinski definition) is 0. The van der Waals surface area contributed by atoms with Gasteiger partial charge in [0.2, 0.25) is 10.0 Å². The van der Waals surface area contributed by atoms with Crippen molar-refractivity contribution in [2.45, 2.75) is 38.2 Å². The molecule has 170 valence electrons. The summed E-state index contributed by atoms with van der Waals surface area (Å²) in [6.07, 6.45) is 4.44. The van der Waals surface area contributed by atoms with E-state index in [9.17, 15) is 17.2 Å². The molecule has 0 unspecified atom stereocenters. The Labute approximate surface area is 184 Å². The molecule has 0 saturated carbocycles. The number of nitrogens with zero attached hydrogens (tertiary/aromatic N) is 6. The van der Waals surface area contributed by atoms with Crippen LogP contribution in [0, 0.1) is 6.92 Å². The molecule has 11 heteroatoms. The summed E-state index contributed by atoms with van der Waals surface area (Å²) >= 11 is 0. The molecule has 0 atom stereocenters. The maximum atomic E-state index is 13.2. The minimum absolute atomic E-state index is 0.0766. The van der Waals surface area contributed by atoms with Crippen LogP contribution in [0.25, 0.3) is 16.9 Å². The van der Waals surface area contributed by atoms with Crippen molar-refractivity contribution in [3.05, 3.63) is 42.0 Å². The van der Waals surface area contributed by atoms with Crippen LogP contribution < -0.4 is 4.90 Å². The normalized spacial score (nSPS) is 19.1. The van der Waals surface area contributed by atoms with Gasteiger partial charge in [-0.15, -0.1) is 0 Å². The molecule has 0 aromatic carbocycles. The van der Waals surface area contributed by atoms with Crippen molar-refractivity contribution in [2.24, 2.45) is 0 Å². The van der Waals surface area contributed by atoms with E-state index < -0.39 is 16.4 Å². The van der Waals surface area contributed by atoms with Crippen molar-refractivity contribution in [3.63, 3.8) is 0 Å². The minimum Gasteiger partial charge on any atom is -0.364 e. The Kier molecular flexibility index (Phi) is 4.93. The second kappa shape index (κ2) is 7.45. The molecule has 3 aromatic rings. The van der Waals surface area contributed by atoms with Gasteiger partial charge in [-0.1, -0.05) is 0 Å². The molecule has 2 aliphatic rings. The predicted octanol–water partition coefficient (Wildman–Crippen LogP) is 3.04. The van der Waals surface area contributed by atoms with E-state index in [0.29, 0.717) is 24.4 Å². The molecule has 2 aliphatic heterocycles. The first kappa shape index (κ1) is 21.2. The topological polar surface area (TPSA) is 83.7 Å². The summed E-state index contributed by atoms with van der Waals surface area (Å²) in [5.41, 5.74) is 3.28. The highest BCUT2D eigenvalue weighted by Crippen LogP contribution is 2.45. The van der Waals surface area contributed by atoms with E-state index in [-0.39, 0.29) is 11.2 Å². The molecule has 0 radical (unpaired) electrons. The summed E-state index contributed by atoms with van der Waals surface area (Å²) in [6.45, 7) is 3.83. The third kappa shape index (κ3) is 3.43. The van der Waals surface area contributed by atoms with Gasteiger partial charge < -0.3 is 4.90 Å². The van der Waals surface area contributed by atoms with Gasteiger partial charge in [-0.25, -0.2) is 31.0 Å². The SMILES string of the molecule is Cc1ncc(-c2cnc3ccc(C(F)F)nn23)cc1N1CCC12CCN(S(C)(=O)=O)CC2. The number of alkyl halides is 2. The largest absolute Gasteiger partial charge is 0.364 e. The fraction of sp³-hybridized carbons (Fsp3) is 0.476. The Hall–Kier alpha value is -2.66. The highest BCUT2D eigenvalue weighted by atomic mass is 32.2. The molecule has 32 heavy (non-hydrogen) atoms. The molecule has 0 aliphatic carbocycles. The highest BCUT2D eigenvalue weighted by molar-refractivity contribution is 7.88. The number of imidazole rings is 1. The number of rotatable bonds is 4. The Balaban J connectivity index is 1.48. The van der Waals surface area contributed by atoms with Gasteiger partial charge in [-0.2, -0.15) is 5.10 Å². The maximum absolute atomic E-state index is 13.2. The Morgan fingerprint density at radius 1 is 1.06 bits per heavy atom. The fourth-order valence-corrected chi connectivity index (χ4v) is 5.65. The second-order valence-corrected chi connectivity index (χ2v) is 10.6. The van der Waals surface area contributed by atoms with Crippen molar-refractivity contribution in [3.8, 4) is 11.3 Å². The van der Waals surface area contributed by atoms with Crippen molar-refractivity contribution in [2.75, 3.05) is 30.8 Å². The average Bonchev–Trinajstić information content (AvgIpc) is 3.17. The number of piperidine rings is 1. The summed E-state index contributed by atoms with van der Waals surface area (Å²) in [7, 11) is -3.18. The fourth-order valence-electron chi connectivity index (χ4n) is 4.81. The third-order valence-electron chi connectivity index (χ3n) is 6.75. The van der Waals surface area contributed by atoms with Crippen LogP contribution >= 0.6 is 0 Å². The van der Waals surface area contributed by atoms with Crippen LogP contribution in [-0.4, -0.2) is 63.7 Å². The number of pyridine rings is 1. The molecule has 8 nitrogen and oxygen atoms in total. The third-order valence-corrected chi connectivity index (χ3v) is 8.05. The monoisotopic (exact) mass is 462 g/mol. The number of aromatic nitrogens is 4. The summed E-state index contributed by atoms with van der Waals surface area (Å²) in [4.78, 5) is 11.2. The minimum atomic E-state index is -3.18. The van der Waals surface area contributed by atoms with Gasteiger partial charge in [0.15, 0.2) is 5.65 Å². The van der Waals surface area contributed by atoms with Gasteiger partial charge in [0.1, 0.15) is 5.69 Å². The van der Waals surface area contributed by atoms with Crippen LogP contribution in [0.1, 0.15) is 37.1 Å². The zero-order valence-electron chi connectivity index (χ0n) is 17.9.